The highest BCUT2D eigenvalue weighted by atomic mass is 19.4. The van der Waals surface area contributed by atoms with Crippen LogP contribution in [0.1, 0.15) is 73.5 Å². The van der Waals surface area contributed by atoms with Crippen molar-refractivity contribution in [2.75, 3.05) is 42.6 Å². The Morgan fingerprint density at radius 2 is 1.72 bits per heavy atom. The van der Waals surface area contributed by atoms with Crippen LogP contribution in [0.5, 0.6) is 5.75 Å². The SMILES string of the molecule is CCOC(=O)ON1c2ccc(N(C)C)cc2[C@@H](Nc2ncc(OCCCC(=O)O)c(Cc3cc(C(F)(F)F)cc(C(F)(F)F)c3)n2)C[C@H]1CC. The van der Waals surface area contributed by atoms with E-state index in [1.807, 2.05) is 38.1 Å². The molecule has 0 unspecified atom stereocenters. The number of nitrogens with zero attached hydrogens (tertiary/aromatic N) is 4. The van der Waals surface area contributed by atoms with Crippen LogP contribution in [0.15, 0.2) is 42.6 Å². The fraction of sp³-hybridized carbons (Fsp3) is 0.455. The zero-order valence-electron chi connectivity index (χ0n) is 27.7. The van der Waals surface area contributed by atoms with Crippen LogP contribution in [0, 0.1) is 0 Å². The first-order valence-electron chi connectivity index (χ1n) is 15.7. The minimum atomic E-state index is -5.05. The highest BCUT2D eigenvalue weighted by Crippen LogP contribution is 2.42. The Kier molecular flexibility index (Phi) is 11.9. The Balaban J connectivity index is 1.75. The number of benzene rings is 2. The number of anilines is 3. The summed E-state index contributed by atoms with van der Waals surface area (Å²) < 4.78 is 92.4. The molecule has 1 aliphatic heterocycles. The predicted octanol–water partition coefficient (Wildman–Crippen LogP) is 7.64. The second-order valence-electron chi connectivity index (χ2n) is 11.7. The molecule has 0 bridgehead atoms. The van der Waals surface area contributed by atoms with E-state index in [-0.39, 0.29) is 61.1 Å². The maximum Gasteiger partial charge on any atom is 0.533 e. The van der Waals surface area contributed by atoms with Crippen molar-refractivity contribution in [1.82, 2.24) is 9.97 Å². The number of halogens is 6. The van der Waals surface area contributed by atoms with Gasteiger partial charge in [-0.1, -0.05) is 6.92 Å². The monoisotopic (exact) mass is 713 g/mol. The molecule has 17 heteroatoms. The minimum Gasteiger partial charge on any atom is -0.490 e. The Bertz CT molecular complexity index is 1640. The molecule has 0 spiro atoms. The number of rotatable bonds is 13. The van der Waals surface area contributed by atoms with Gasteiger partial charge in [0.05, 0.1) is 54.0 Å². The number of ether oxygens (including phenoxy) is 2. The van der Waals surface area contributed by atoms with Gasteiger partial charge in [-0.2, -0.15) is 31.4 Å². The van der Waals surface area contributed by atoms with Crippen LogP contribution in [-0.4, -0.2) is 60.6 Å². The van der Waals surface area contributed by atoms with Gasteiger partial charge in [0.1, 0.15) is 0 Å². The van der Waals surface area contributed by atoms with Crippen molar-refractivity contribution < 1.29 is 55.3 Å². The number of fused-ring (bicyclic) bond motifs is 1. The van der Waals surface area contributed by atoms with Gasteiger partial charge in [0.2, 0.25) is 5.95 Å². The third-order valence-corrected chi connectivity index (χ3v) is 7.83. The molecule has 0 amide bonds. The molecule has 0 saturated heterocycles. The number of hydroxylamine groups is 1. The van der Waals surface area contributed by atoms with Gasteiger partial charge >= 0.3 is 24.5 Å². The van der Waals surface area contributed by atoms with Crippen molar-refractivity contribution in [1.29, 1.82) is 0 Å². The van der Waals surface area contributed by atoms with Crippen LogP contribution < -0.4 is 20.0 Å². The van der Waals surface area contributed by atoms with E-state index in [1.165, 1.54) is 11.3 Å². The van der Waals surface area contributed by atoms with Gasteiger partial charge < -0.3 is 29.6 Å². The highest BCUT2D eigenvalue weighted by molar-refractivity contribution is 5.68. The van der Waals surface area contributed by atoms with Crippen LogP contribution in [0.3, 0.4) is 0 Å². The van der Waals surface area contributed by atoms with Crippen LogP contribution >= 0.6 is 0 Å². The van der Waals surface area contributed by atoms with E-state index in [0.29, 0.717) is 36.2 Å². The van der Waals surface area contributed by atoms with Crippen LogP contribution in [0.4, 0.5) is 48.5 Å². The summed E-state index contributed by atoms with van der Waals surface area (Å²) in [7, 11) is 3.69. The number of alkyl halides is 6. The van der Waals surface area contributed by atoms with E-state index in [1.54, 1.807) is 13.0 Å². The predicted molar refractivity (Wildman–Crippen MR) is 170 cm³/mol. The van der Waals surface area contributed by atoms with Crippen molar-refractivity contribution >= 4 is 29.4 Å². The molecule has 11 nitrogen and oxygen atoms in total. The molecule has 2 N–H and O–H groups in total. The first-order valence-corrected chi connectivity index (χ1v) is 15.7. The molecule has 50 heavy (non-hydrogen) atoms. The first-order chi connectivity index (χ1) is 23.5. The first kappa shape index (κ1) is 37.9. The van der Waals surface area contributed by atoms with E-state index < -0.39 is 48.1 Å². The molecule has 1 aliphatic rings. The summed E-state index contributed by atoms with van der Waals surface area (Å²) in [6.07, 6.45) is -9.49. The van der Waals surface area contributed by atoms with Gasteiger partial charge in [0.15, 0.2) is 5.75 Å². The van der Waals surface area contributed by atoms with Gasteiger partial charge in [-0.3, -0.25) is 4.79 Å². The smallest absolute Gasteiger partial charge is 0.490 e. The van der Waals surface area contributed by atoms with Crippen molar-refractivity contribution in [2.45, 2.75) is 70.4 Å². The lowest BCUT2D eigenvalue weighted by atomic mass is 9.91. The lowest BCUT2D eigenvalue weighted by molar-refractivity contribution is -0.143. The second kappa shape index (κ2) is 15.7. The Morgan fingerprint density at radius 1 is 1.04 bits per heavy atom. The number of carbonyl (C=O) groups excluding carboxylic acids is 1. The quantitative estimate of drug-likeness (QED) is 0.103. The number of carboxylic acids is 1. The second-order valence-corrected chi connectivity index (χ2v) is 11.7. The average molecular weight is 714 g/mol. The number of aromatic nitrogens is 2. The van der Waals surface area contributed by atoms with Crippen LogP contribution in [-0.2, 0) is 33.1 Å². The van der Waals surface area contributed by atoms with E-state index in [4.69, 9.17) is 19.4 Å². The fourth-order valence-corrected chi connectivity index (χ4v) is 5.41. The standard InChI is InChI=1S/C33H37F6N5O6/c1-5-22-17-25(24-16-23(43(3)4)9-10-27(24)44(22)50-31(47)48-6-2)41-30-40-18-28(49-11-7-8-29(45)46)26(42-30)14-19-12-20(32(34,35)36)15-21(13-19)33(37,38)39/h9-10,12-13,15-16,18,22,25H,5-8,11,14,17H2,1-4H3,(H,45,46)(H,40,41,42)/t22-,25+/m1/s1. The van der Waals surface area contributed by atoms with E-state index in [0.717, 1.165) is 5.69 Å². The van der Waals surface area contributed by atoms with Crippen molar-refractivity contribution in [3.05, 3.63) is 70.5 Å². The molecule has 2 aromatic carbocycles. The lowest BCUT2D eigenvalue weighted by Crippen LogP contribution is -2.43. The molecule has 2 heterocycles. The molecule has 0 aliphatic carbocycles. The topological polar surface area (TPSA) is 126 Å². The minimum absolute atomic E-state index is 0.00160. The summed E-state index contributed by atoms with van der Waals surface area (Å²) in [4.78, 5) is 39.5. The van der Waals surface area contributed by atoms with Crippen molar-refractivity contribution in [3.63, 3.8) is 0 Å². The molecule has 0 radical (unpaired) electrons. The number of aliphatic carboxylic acids is 1. The zero-order valence-corrected chi connectivity index (χ0v) is 27.7. The van der Waals surface area contributed by atoms with Gasteiger partial charge in [-0.05, 0) is 68.1 Å². The van der Waals surface area contributed by atoms with E-state index in [2.05, 4.69) is 15.3 Å². The molecule has 4 rings (SSSR count). The molecule has 272 valence electrons. The number of hydrogen-bond donors (Lipinski definition) is 2. The van der Waals surface area contributed by atoms with Crippen molar-refractivity contribution in [2.24, 2.45) is 0 Å². The fourth-order valence-electron chi connectivity index (χ4n) is 5.41. The highest BCUT2D eigenvalue weighted by Gasteiger charge is 2.38. The molecular weight excluding hydrogens is 676 g/mol. The van der Waals surface area contributed by atoms with Gasteiger partial charge in [-0.25, -0.2) is 14.8 Å². The number of nitrogens with one attached hydrogen (secondary N) is 1. The average Bonchev–Trinajstić information content (AvgIpc) is 3.03. The molecule has 1 aromatic heterocycles. The molecule has 3 aromatic rings. The largest absolute Gasteiger partial charge is 0.533 e. The normalized spacial score (nSPS) is 16.0. The summed E-state index contributed by atoms with van der Waals surface area (Å²) in [5.41, 5.74) is -1.24. The summed E-state index contributed by atoms with van der Waals surface area (Å²) in [6, 6.07) is 5.95. The summed E-state index contributed by atoms with van der Waals surface area (Å²) in [6.45, 7) is 3.54. The molecular formula is C33H37F6N5O6. The van der Waals surface area contributed by atoms with E-state index >= 15 is 0 Å². The molecule has 0 saturated carbocycles. The number of carbonyl (C=O) groups is 2. The number of hydrogen-bond acceptors (Lipinski definition) is 10. The maximum atomic E-state index is 13.6. The lowest BCUT2D eigenvalue weighted by Gasteiger charge is -2.40. The Labute approximate surface area is 284 Å². The Morgan fingerprint density at radius 3 is 2.30 bits per heavy atom. The van der Waals surface area contributed by atoms with Gasteiger partial charge in [0.25, 0.3) is 0 Å². The third kappa shape index (κ3) is 9.59. The molecule has 2 atom stereocenters. The van der Waals surface area contributed by atoms with Crippen LogP contribution in [0.2, 0.25) is 0 Å². The summed E-state index contributed by atoms with van der Waals surface area (Å²) in [5, 5.41) is 13.7. The van der Waals surface area contributed by atoms with Crippen molar-refractivity contribution in [3.8, 4) is 5.75 Å². The van der Waals surface area contributed by atoms with Gasteiger partial charge in [0, 0.05) is 38.2 Å². The number of carboxylic acid groups (broad SMARTS) is 1. The van der Waals surface area contributed by atoms with Crippen LogP contribution in [0.25, 0.3) is 0 Å². The molecule has 0 fully saturated rings. The zero-order chi connectivity index (χ0) is 36.8. The summed E-state index contributed by atoms with van der Waals surface area (Å²) in [5.74, 6) is -1.11. The summed E-state index contributed by atoms with van der Waals surface area (Å²) >= 11 is 0. The van der Waals surface area contributed by atoms with E-state index in [9.17, 15) is 35.9 Å². The maximum absolute atomic E-state index is 13.6. The Hall–Kier alpha value is -4.96. The third-order valence-electron chi connectivity index (χ3n) is 7.83. The van der Waals surface area contributed by atoms with Gasteiger partial charge in [-0.15, -0.1) is 0 Å².